The summed E-state index contributed by atoms with van der Waals surface area (Å²) in [5, 5.41) is 0. The maximum absolute atomic E-state index is 4.66. The first-order chi connectivity index (χ1) is 7.40. The molecule has 2 aromatic rings. The molecule has 2 aromatic heterocycles. The van der Waals surface area contributed by atoms with Crippen LogP contribution in [0.5, 0.6) is 0 Å². The summed E-state index contributed by atoms with van der Waals surface area (Å²) in [5.74, 6) is 1.22. The van der Waals surface area contributed by atoms with Gasteiger partial charge >= 0.3 is 0 Å². The van der Waals surface area contributed by atoms with Gasteiger partial charge in [-0.1, -0.05) is 6.92 Å². The molecule has 0 unspecified atom stereocenters. The molecule has 2 heterocycles. The fourth-order valence-electron chi connectivity index (χ4n) is 2.09. The lowest BCUT2D eigenvalue weighted by Crippen LogP contribution is -2.01. The zero-order valence-corrected chi connectivity index (χ0v) is 8.98. The van der Waals surface area contributed by atoms with Crippen molar-refractivity contribution in [2.24, 2.45) is 0 Å². The van der Waals surface area contributed by atoms with Crippen LogP contribution in [0.25, 0.3) is 11.2 Å². The highest BCUT2D eigenvalue weighted by Gasteiger charge is 2.28. The second kappa shape index (κ2) is 3.33. The van der Waals surface area contributed by atoms with Crippen molar-refractivity contribution in [3.8, 4) is 0 Å². The third kappa shape index (κ3) is 1.42. The molecule has 3 rings (SSSR count). The fraction of sp³-hybridized carbons (Fsp3) is 0.500. The van der Waals surface area contributed by atoms with Crippen LogP contribution in [0.3, 0.4) is 0 Å². The van der Waals surface area contributed by atoms with Crippen LogP contribution in [0.1, 0.15) is 38.1 Å². The van der Waals surface area contributed by atoms with Crippen LogP contribution in [0, 0.1) is 0 Å². The largest absolute Gasteiger partial charge is 0.310 e. The molecule has 3 heteroatoms. The second-order valence-corrected chi connectivity index (χ2v) is 4.23. The molecule has 0 amide bonds. The second-order valence-electron chi connectivity index (χ2n) is 4.23. The van der Waals surface area contributed by atoms with E-state index in [1.54, 1.807) is 0 Å². The Bertz CT molecular complexity index is 483. The Morgan fingerprint density at radius 2 is 2.33 bits per heavy atom. The lowest BCUT2D eigenvalue weighted by Gasteiger charge is -2.04. The maximum atomic E-state index is 4.66. The number of aromatic nitrogens is 3. The van der Waals surface area contributed by atoms with Crippen LogP contribution in [-0.2, 0) is 6.42 Å². The molecule has 0 aliphatic heterocycles. The molecule has 1 saturated carbocycles. The molecular formula is C12H15N3. The Labute approximate surface area is 89.2 Å². The number of pyridine rings is 1. The summed E-state index contributed by atoms with van der Waals surface area (Å²) in [5.41, 5.74) is 2.12. The van der Waals surface area contributed by atoms with Gasteiger partial charge in [0.15, 0.2) is 5.65 Å². The first-order valence-corrected chi connectivity index (χ1v) is 5.72. The zero-order valence-electron chi connectivity index (χ0n) is 8.98. The van der Waals surface area contributed by atoms with Crippen molar-refractivity contribution in [3.05, 3.63) is 24.2 Å². The maximum Gasteiger partial charge on any atom is 0.160 e. The Morgan fingerprint density at radius 3 is 3.07 bits per heavy atom. The molecule has 78 valence electrons. The molecule has 0 atom stereocenters. The molecule has 15 heavy (non-hydrogen) atoms. The van der Waals surface area contributed by atoms with E-state index in [0.717, 1.165) is 24.0 Å². The minimum Gasteiger partial charge on any atom is -0.310 e. The molecule has 1 aliphatic rings. The van der Waals surface area contributed by atoms with Gasteiger partial charge in [-0.3, -0.25) is 0 Å². The highest BCUT2D eigenvalue weighted by Crippen LogP contribution is 2.38. The van der Waals surface area contributed by atoms with Crippen molar-refractivity contribution < 1.29 is 0 Å². The van der Waals surface area contributed by atoms with Crippen molar-refractivity contribution >= 4 is 11.2 Å². The van der Waals surface area contributed by atoms with Crippen molar-refractivity contribution in [1.29, 1.82) is 0 Å². The van der Waals surface area contributed by atoms with E-state index in [2.05, 4.69) is 27.5 Å². The number of hydrogen-bond acceptors (Lipinski definition) is 2. The van der Waals surface area contributed by atoms with E-state index in [0.29, 0.717) is 6.04 Å². The van der Waals surface area contributed by atoms with Crippen LogP contribution in [-0.4, -0.2) is 14.5 Å². The normalized spacial score (nSPS) is 16.1. The Morgan fingerprint density at radius 1 is 1.47 bits per heavy atom. The standard InChI is InChI=1S/C12H15N3/c1-2-4-11-14-10-5-3-8-13-12(10)15(11)9-6-7-9/h3,5,8-9H,2,4,6-7H2,1H3. The molecule has 0 saturated heterocycles. The van der Waals surface area contributed by atoms with E-state index in [1.807, 2.05) is 12.3 Å². The smallest absolute Gasteiger partial charge is 0.160 e. The molecule has 0 N–H and O–H groups in total. The van der Waals surface area contributed by atoms with Crippen LogP contribution >= 0.6 is 0 Å². The monoisotopic (exact) mass is 201 g/mol. The number of imidazole rings is 1. The molecular weight excluding hydrogens is 186 g/mol. The summed E-state index contributed by atoms with van der Waals surface area (Å²) in [6, 6.07) is 4.69. The first-order valence-electron chi connectivity index (χ1n) is 5.72. The number of aryl methyl sites for hydroxylation is 1. The zero-order chi connectivity index (χ0) is 10.3. The molecule has 1 aliphatic carbocycles. The van der Waals surface area contributed by atoms with Gasteiger partial charge in [0, 0.05) is 18.7 Å². The van der Waals surface area contributed by atoms with Gasteiger partial charge in [-0.15, -0.1) is 0 Å². The molecule has 0 aromatic carbocycles. The predicted octanol–water partition coefficient (Wildman–Crippen LogP) is 2.72. The summed E-state index contributed by atoms with van der Waals surface area (Å²) in [6.45, 7) is 2.20. The van der Waals surface area contributed by atoms with Crippen LogP contribution in [0.15, 0.2) is 18.3 Å². The molecule has 0 spiro atoms. The predicted molar refractivity (Wildman–Crippen MR) is 59.8 cm³/mol. The van der Waals surface area contributed by atoms with Gasteiger partial charge < -0.3 is 4.57 Å². The van der Waals surface area contributed by atoms with Crippen molar-refractivity contribution in [2.45, 2.75) is 38.6 Å². The highest BCUT2D eigenvalue weighted by molar-refractivity contribution is 5.71. The van der Waals surface area contributed by atoms with Crippen molar-refractivity contribution in [2.75, 3.05) is 0 Å². The minimum atomic E-state index is 0.673. The summed E-state index contributed by atoms with van der Waals surface area (Å²) >= 11 is 0. The van der Waals surface area contributed by atoms with E-state index in [1.165, 1.54) is 18.7 Å². The Hall–Kier alpha value is -1.38. The van der Waals surface area contributed by atoms with Gasteiger partial charge in [0.25, 0.3) is 0 Å². The van der Waals surface area contributed by atoms with E-state index in [-0.39, 0.29) is 0 Å². The van der Waals surface area contributed by atoms with Crippen LogP contribution < -0.4 is 0 Å². The lowest BCUT2D eigenvalue weighted by atomic mass is 10.3. The minimum absolute atomic E-state index is 0.673. The first kappa shape index (κ1) is 8.89. The lowest BCUT2D eigenvalue weighted by molar-refractivity contribution is 0.681. The van der Waals surface area contributed by atoms with Gasteiger partial charge in [-0.2, -0.15) is 0 Å². The van der Waals surface area contributed by atoms with Gasteiger partial charge in [0.1, 0.15) is 11.3 Å². The molecule has 0 bridgehead atoms. The Balaban J connectivity index is 2.19. The summed E-state index contributed by atoms with van der Waals surface area (Å²) in [6.07, 6.45) is 6.65. The topological polar surface area (TPSA) is 30.7 Å². The van der Waals surface area contributed by atoms with Crippen molar-refractivity contribution in [3.63, 3.8) is 0 Å². The van der Waals surface area contributed by atoms with E-state index >= 15 is 0 Å². The number of rotatable bonds is 3. The average Bonchev–Trinajstić information content (AvgIpc) is 3.01. The molecule has 1 fully saturated rings. The van der Waals surface area contributed by atoms with Crippen LogP contribution in [0.2, 0.25) is 0 Å². The third-order valence-corrected chi connectivity index (χ3v) is 2.91. The Kier molecular flexibility index (Phi) is 1.97. The summed E-state index contributed by atoms with van der Waals surface area (Å²) in [4.78, 5) is 9.11. The quantitative estimate of drug-likeness (QED) is 0.764. The number of nitrogens with zero attached hydrogens (tertiary/aromatic N) is 3. The van der Waals surface area contributed by atoms with Gasteiger partial charge in [-0.05, 0) is 31.4 Å². The van der Waals surface area contributed by atoms with Crippen molar-refractivity contribution in [1.82, 2.24) is 14.5 Å². The number of hydrogen-bond donors (Lipinski definition) is 0. The van der Waals surface area contributed by atoms with Gasteiger partial charge in [-0.25, -0.2) is 9.97 Å². The third-order valence-electron chi connectivity index (χ3n) is 2.91. The SMILES string of the molecule is CCCc1nc2cccnc2n1C1CC1. The fourth-order valence-corrected chi connectivity index (χ4v) is 2.09. The van der Waals surface area contributed by atoms with E-state index in [4.69, 9.17) is 0 Å². The number of fused-ring (bicyclic) bond motifs is 1. The highest BCUT2D eigenvalue weighted by atomic mass is 15.2. The summed E-state index contributed by atoms with van der Waals surface area (Å²) < 4.78 is 2.35. The van der Waals surface area contributed by atoms with Gasteiger partial charge in [0.2, 0.25) is 0 Å². The molecule has 0 radical (unpaired) electrons. The average molecular weight is 201 g/mol. The van der Waals surface area contributed by atoms with E-state index in [9.17, 15) is 0 Å². The van der Waals surface area contributed by atoms with E-state index < -0.39 is 0 Å². The van der Waals surface area contributed by atoms with Gasteiger partial charge in [0.05, 0.1) is 0 Å². The summed E-state index contributed by atoms with van der Waals surface area (Å²) in [7, 11) is 0. The molecule has 3 nitrogen and oxygen atoms in total. The van der Waals surface area contributed by atoms with Crippen LogP contribution in [0.4, 0.5) is 0 Å².